The predicted molar refractivity (Wildman–Crippen MR) is 104 cm³/mol. The standard InChI is InChI=1S/C21H22ClFN2O3/c1-28-21(27)19-11-17(13-25(19)12-15-4-2-3-5-18(15)22)24-20(26)10-14-6-8-16(23)9-7-14/h2-9,17,19H,10-13H2,1H3,(H,24,26)/t17-,19+/m1/s1. The van der Waals surface area contributed by atoms with Crippen molar-refractivity contribution in [2.24, 2.45) is 0 Å². The van der Waals surface area contributed by atoms with Crippen molar-refractivity contribution in [1.82, 2.24) is 10.2 Å². The first kappa shape index (κ1) is 20.3. The molecular weight excluding hydrogens is 383 g/mol. The lowest BCUT2D eigenvalue weighted by molar-refractivity contribution is -0.146. The fraction of sp³-hybridized carbons (Fsp3) is 0.333. The Labute approximate surface area is 168 Å². The van der Waals surface area contributed by atoms with E-state index in [1.807, 2.05) is 29.2 Å². The van der Waals surface area contributed by atoms with Crippen LogP contribution >= 0.6 is 11.6 Å². The summed E-state index contributed by atoms with van der Waals surface area (Å²) in [4.78, 5) is 26.5. The van der Waals surface area contributed by atoms with Gasteiger partial charge < -0.3 is 10.1 Å². The smallest absolute Gasteiger partial charge is 0.323 e. The van der Waals surface area contributed by atoms with Crippen LogP contribution in [0, 0.1) is 5.82 Å². The van der Waals surface area contributed by atoms with Gasteiger partial charge in [0.05, 0.1) is 13.5 Å². The Bertz CT molecular complexity index is 844. The van der Waals surface area contributed by atoms with Crippen LogP contribution in [0.25, 0.3) is 0 Å². The third kappa shape index (κ3) is 5.09. The topological polar surface area (TPSA) is 58.6 Å². The summed E-state index contributed by atoms with van der Waals surface area (Å²) < 4.78 is 17.9. The van der Waals surface area contributed by atoms with Crippen LogP contribution in [0.4, 0.5) is 4.39 Å². The number of amides is 1. The number of likely N-dealkylation sites (tertiary alicyclic amines) is 1. The van der Waals surface area contributed by atoms with Crippen molar-refractivity contribution < 1.29 is 18.7 Å². The number of carbonyl (C=O) groups is 2. The van der Waals surface area contributed by atoms with E-state index >= 15 is 0 Å². The van der Waals surface area contributed by atoms with Crippen molar-refractivity contribution in [3.63, 3.8) is 0 Å². The number of methoxy groups -OCH3 is 1. The molecule has 0 aliphatic carbocycles. The van der Waals surface area contributed by atoms with Gasteiger partial charge in [0.1, 0.15) is 11.9 Å². The summed E-state index contributed by atoms with van der Waals surface area (Å²) in [5, 5.41) is 3.60. The second-order valence-electron chi connectivity index (χ2n) is 6.86. The summed E-state index contributed by atoms with van der Waals surface area (Å²) in [6.07, 6.45) is 0.621. The fourth-order valence-corrected chi connectivity index (χ4v) is 3.67. The fourth-order valence-electron chi connectivity index (χ4n) is 3.48. The second kappa shape index (κ2) is 9.17. The van der Waals surface area contributed by atoms with Gasteiger partial charge >= 0.3 is 5.97 Å². The normalized spacial score (nSPS) is 19.4. The Morgan fingerprint density at radius 1 is 1.21 bits per heavy atom. The zero-order valence-corrected chi connectivity index (χ0v) is 16.3. The van der Waals surface area contributed by atoms with Crippen LogP contribution in [-0.2, 0) is 27.3 Å². The molecular formula is C21H22ClFN2O3. The lowest BCUT2D eigenvalue weighted by Gasteiger charge is -2.22. The Kier molecular flexibility index (Phi) is 6.65. The van der Waals surface area contributed by atoms with Crippen LogP contribution in [0.2, 0.25) is 5.02 Å². The number of nitrogens with one attached hydrogen (secondary N) is 1. The summed E-state index contributed by atoms with van der Waals surface area (Å²) >= 11 is 6.25. The van der Waals surface area contributed by atoms with E-state index in [4.69, 9.17) is 16.3 Å². The van der Waals surface area contributed by atoms with E-state index in [0.717, 1.165) is 11.1 Å². The monoisotopic (exact) mass is 404 g/mol. The molecule has 2 aromatic carbocycles. The summed E-state index contributed by atoms with van der Waals surface area (Å²) in [5.41, 5.74) is 1.64. The number of nitrogens with zero attached hydrogens (tertiary/aromatic N) is 1. The number of halogens is 2. The van der Waals surface area contributed by atoms with E-state index in [9.17, 15) is 14.0 Å². The molecule has 3 rings (SSSR count). The number of hydrogen-bond donors (Lipinski definition) is 1. The van der Waals surface area contributed by atoms with Crippen molar-refractivity contribution in [1.29, 1.82) is 0 Å². The number of benzene rings is 2. The van der Waals surface area contributed by atoms with Crippen LogP contribution in [0.3, 0.4) is 0 Å². The molecule has 1 saturated heterocycles. The highest BCUT2D eigenvalue weighted by Gasteiger charge is 2.38. The van der Waals surface area contributed by atoms with Crippen LogP contribution in [-0.4, -0.2) is 42.5 Å². The second-order valence-corrected chi connectivity index (χ2v) is 7.27. The molecule has 2 aromatic rings. The molecule has 1 amide bonds. The minimum Gasteiger partial charge on any atom is -0.468 e. The number of hydrogen-bond acceptors (Lipinski definition) is 4. The van der Waals surface area contributed by atoms with E-state index < -0.39 is 6.04 Å². The maximum atomic E-state index is 13.0. The first-order chi connectivity index (χ1) is 13.5. The van der Waals surface area contributed by atoms with E-state index in [-0.39, 0.29) is 30.2 Å². The summed E-state index contributed by atoms with van der Waals surface area (Å²) in [7, 11) is 1.36. The first-order valence-electron chi connectivity index (χ1n) is 9.05. The maximum Gasteiger partial charge on any atom is 0.323 e. The van der Waals surface area contributed by atoms with Gasteiger partial charge in [-0.2, -0.15) is 0 Å². The lowest BCUT2D eigenvalue weighted by Crippen LogP contribution is -2.38. The van der Waals surface area contributed by atoms with Crippen LogP contribution in [0.5, 0.6) is 0 Å². The van der Waals surface area contributed by atoms with Crippen LogP contribution in [0.1, 0.15) is 17.5 Å². The van der Waals surface area contributed by atoms with E-state index in [0.29, 0.717) is 24.5 Å². The molecule has 148 valence electrons. The van der Waals surface area contributed by atoms with Crippen molar-refractivity contribution in [2.75, 3.05) is 13.7 Å². The van der Waals surface area contributed by atoms with Crippen LogP contribution < -0.4 is 5.32 Å². The van der Waals surface area contributed by atoms with Gasteiger partial charge in [-0.25, -0.2) is 4.39 Å². The largest absolute Gasteiger partial charge is 0.468 e. The van der Waals surface area contributed by atoms with Crippen molar-refractivity contribution in [3.05, 3.63) is 70.5 Å². The summed E-state index contributed by atoms with van der Waals surface area (Å²) in [5.74, 6) is -0.835. The third-order valence-corrected chi connectivity index (χ3v) is 5.22. The van der Waals surface area contributed by atoms with E-state index in [2.05, 4.69) is 5.32 Å². The Balaban J connectivity index is 1.64. The Morgan fingerprint density at radius 2 is 1.93 bits per heavy atom. The quantitative estimate of drug-likeness (QED) is 0.752. The van der Waals surface area contributed by atoms with E-state index in [1.165, 1.54) is 19.2 Å². The highest BCUT2D eigenvalue weighted by atomic mass is 35.5. The van der Waals surface area contributed by atoms with E-state index in [1.54, 1.807) is 12.1 Å². The molecule has 0 aromatic heterocycles. The molecule has 0 spiro atoms. The minimum atomic E-state index is -0.447. The van der Waals surface area contributed by atoms with Gasteiger partial charge in [0, 0.05) is 24.2 Å². The molecule has 1 heterocycles. The Hall–Kier alpha value is -2.44. The molecule has 2 atom stereocenters. The summed E-state index contributed by atoms with van der Waals surface area (Å²) in [6, 6.07) is 12.7. The van der Waals surface area contributed by atoms with Gasteiger partial charge in [-0.05, 0) is 35.7 Å². The van der Waals surface area contributed by atoms with Gasteiger partial charge in [-0.15, -0.1) is 0 Å². The van der Waals surface area contributed by atoms with Crippen LogP contribution in [0.15, 0.2) is 48.5 Å². The van der Waals surface area contributed by atoms with Gasteiger partial charge in [0.2, 0.25) is 5.91 Å². The van der Waals surface area contributed by atoms with Gasteiger partial charge in [-0.1, -0.05) is 41.9 Å². The first-order valence-corrected chi connectivity index (χ1v) is 9.43. The van der Waals surface area contributed by atoms with Crippen molar-refractivity contribution in [3.8, 4) is 0 Å². The Morgan fingerprint density at radius 3 is 2.61 bits per heavy atom. The highest BCUT2D eigenvalue weighted by molar-refractivity contribution is 6.31. The predicted octanol–water partition coefficient (Wildman–Crippen LogP) is 2.95. The average Bonchev–Trinajstić information content (AvgIpc) is 3.07. The molecule has 0 radical (unpaired) electrons. The molecule has 0 unspecified atom stereocenters. The molecule has 0 bridgehead atoms. The molecule has 7 heteroatoms. The zero-order chi connectivity index (χ0) is 20.1. The third-order valence-electron chi connectivity index (χ3n) is 4.85. The highest BCUT2D eigenvalue weighted by Crippen LogP contribution is 2.25. The average molecular weight is 405 g/mol. The lowest BCUT2D eigenvalue weighted by atomic mass is 10.1. The number of rotatable bonds is 6. The number of carbonyl (C=O) groups excluding carboxylic acids is 2. The van der Waals surface area contributed by atoms with Gasteiger partial charge in [0.25, 0.3) is 0 Å². The van der Waals surface area contributed by atoms with Gasteiger partial charge in [-0.3, -0.25) is 14.5 Å². The van der Waals surface area contributed by atoms with Gasteiger partial charge in [0.15, 0.2) is 0 Å². The number of esters is 1. The van der Waals surface area contributed by atoms with Crippen molar-refractivity contribution >= 4 is 23.5 Å². The maximum absolute atomic E-state index is 13.0. The molecule has 1 N–H and O–H groups in total. The molecule has 1 fully saturated rings. The molecule has 5 nitrogen and oxygen atoms in total. The van der Waals surface area contributed by atoms with Crippen molar-refractivity contribution in [2.45, 2.75) is 31.5 Å². The minimum absolute atomic E-state index is 0.157. The SMILES string of the molecule is COC(=O)[C@@H]1C[C@@H](NC(=O)Cc2ccc(F)cc2)CN1Cc1ccccc1Cl. The number of ether oxygens (including phenoxy) is 1. The zero-order valence-electron chi connectivity index (χ0n) is 15.5. The molecule has 28 heavy (non-hydrogen) atoms. The summed E-state index contributed by atoms with van der Waals surface area (Å²) in [6.45, 7) is 1.00. The molecule has 0 saturated carbocycles. The molecule has 1 aliphatic heterocycles. The molecule has 1 aliphatic rings.